The summed E-state index contributed by atoms with van der Waals surface area (Å²) in [6.07, 6.45) is 23.6. The minimum absolute atomic E-state index is 0.0720. The molecule has 1 aliphatic heterocycles. The molecule has 1 saturated heterocycles. The van der Waals surface area contributed by atoms with Crippen LogP contribution >= 0.6 is 11.6 Å². The second kappa shape index (κ2) is 13.3. The highest BCUT2D eigenvalue weighted by atomic mass is 35.5. The predicted octanol–water partition coefficient (Wildman–Crippen LogP) is 8.14. The first-order chi connectivity index (χ1) is 20.1. The summed E-state index contributed by atoms with van der Waals surface area (Å²) in [5.74, 6) is 4.10. The summed E-state index contributed by atoms with van der Waals surface area (Å²) >= 11 is 6.73. The maximum absolute atomic E-state index is 6.73. The number of nitrogens with zero attached hydrogens (tertiary/aromatic N) is 1. The summed E-state index contributed by atoms with van der Waals surface area (Å²) in [6, 6.07) is 0.445. The van der Waals surface area contributed by atoms with Crippen molar-refractivity contribution in [2.45, 2.75) is 116 Å². The molecule has 0 radical (unpaired) electrons. The van der Waals surface area contributed by atoms with Crippen LogP contribution in [0.25, 0.3) is 0 Å². The Morgan fingerprint density at radius 2 is 2.02 bits per heavy atom. The molecular formula is C37H61ClN4. The van der Waals surface area contributed by atoms with E-state index in [0.29, 0.717) is 11.5 Å². The molecule has 1 heterocycles. The first-order valence-electron chi connectivity index (χ1n) is 17.4. The Kier molecular flexibility index (Phi) is 10.1. The molecule has 7 unspecified atom stereocenters. The van der Waals surface area contributed by atoms with E-state index >= 15 is 0 Å². The molecule has 5 rings (SSSR count). The summed E-state index contributed by atoms with van der Waals surface area (Å²) < 4.78 is 0. The predicted molar refractivity (Wildman–Crippen MR) is 180 cm³/mol. The van der Waals surface area contributed by atoms with Gasteiger partial charge >= 0.3 is 0 Å². The van der Waals surface area contributed by atoms with Gasteiger partial charge < -0.3 is 20.9 Å². The maximum atomic E-state index is 6.73. The average molecular weight is 597 g/mol. The molecule has 3 N–H and O–H groups in total. The van der Waals surface area contributed by atoms with Gasteiger partial charge in [0.2, 0.25) is 0 Å². The zero-order chi connectivity index (χ0) is 30.0. The van der Waals surface area contributed by atoms with Gasteiger partial charge in [0.15, 0.2) is 0 Å². The number of likely N-dealkylation sites (N-methyl/N-ethyl adjacent to an activating group) is 1. The average Bonchev–Trinajstić information content (AvgIpc) is 3.09. The van der Waals surface area contributed by atoms with Crippen molar-refractivity contribution in [2.24, 2.45) is 34.0 Å². The van der Waals surface area contributed by atoms with Crippen molar-refractivity contribution in [3.63, 3.8) is 0 Å². The van der Waals surface area contributed by atoms with E-state index < -0.39 is 0 Å². The van der Waals surface area contributed by atoms with Crippen LogP contribution in [0.2, 0.25) is 0 Å². The molecule has 8 atom stereocenters. The molecule has 3 saturated carbocycles. The Bertz CT molecular complexity index is 1030. The Hall–Kier alpha value is -1.39. The number of hydrogen-bond acceptors (Lipinski definition) is 4. The van der Waals surface area contributed by atoms with Gasteiger partial charge in [-0.3, -0.25) is 0 Å². The zero-order valence-electron chi connectivity index (χ0n) is 27.4. The lowest BCUT2D eigenvalue weighted by molar-refractivity contribution is 0.00989. The van der Waals surface area contributed by atoms with Crippen LogP contribution in [0.5, 0.6) is 0 Å². The van der Waals surface area contributed by atoms with E-state index in [2.05, 4.69) is 73.5 Å². The Balaban J connectivity index is 1.28. The van der Waals surface area contributed by atoms with Crippen LogP contribution in [0.3, 0.4) is 0 Å². The first-order valence-corrected chi connectivity index (χ1v) is 17.8. The van der Waals surface area contributed by atoms with Gasteiger partial charge in [-0.15, -0.1) is 11.6 Å². The third kappa shape index (κ3) is 6.65. The van der Waals surface area contributed by atoms with Gasteiger partial charge in [-0.05, 0) is 118 Å². The van der Waals surface area contributed by atoms with Crippen LogP contribution < -0.4 is 16.0 Å². The third-order valence-electron chi connectivity index (χ3n) is 12.7. The molecule has 0 aromatic rings. The molecule has 42 heavy (non-hydrogen) atoms. The van der Waals surface area contributed by atoms with Crippen LogP contribution in [-0.4, -0.2) is 49.5 Å². The second-order valence-corrected chi connectivity index (χ2v) is 16.1. The highest BCUT2D eigenvalue weighted by Gasteiger charge is 2.55. The number of piperidine rings is 1. The SMILES string of the molecule is C=C(CC)NCCCC(C)(C1=CC=CC(Cl)C1)C1(C)CCCN(C(=C)N[C@H](CNC)CC23CC4CCC2CC(C4)C3)C1. The number of halogens is 1. The molecule has 3 bridgehead atoms. The lowest BCUT2D eigenvalue weighted by atomic mass is 9.55. The summed E-state index contributed by atoms with van der Waals surface area (Å²) in [6.45, 7) is 20.2. The van der Waals surface area contributed by atoms with Gasteiger partial charge in [0, 0.05) is 37.9 Å². The van der Waals surface area contributed by atoms with Crippen LogP contribution in [0, 0.1) is 34.0 Å². The fourth-order valence-corrected chi connectivity index (χ4v) is 10.6. The topological polar surface area (TPSA) is 39.3 Å². The van der Waals surface area contributed by atoms with E-state index in [1.807, 2.05) is 0 Å². The quantitative estimate of drug-likeness (QED) is 0.132. The van der Waals surface area contributed by atoms with Crippen LogP contribution in [0.4, 0.5) is 0 Å². The van der Waals surface area contributed by atoms with Gasteiger partial charge in [-0.25, -0.2) is 0 Å². The van der Waals surface area contributed by atoms with Crippen LogP contribution in [0.1, 0.15) is 104 Å². The van der Waals surface area contributed by atoms with Gasteiger partial charge in [0.05, 0.1) is 11.2 Å². The number of nitrogens with one attached hydrogen (secondary N) is 3. The molecule has 4 fully saturated rings. The molecule has 4 aliphatic carbocycles. The molecule has 236 valence electrons. The fourth-order valence-electron chi connectivity index (χ4n) is 10.3. The number of hydrogen-bond donors (Lipinski definition) is 3. The Labute approximate surface area is 263 Å². The lowest BCUT2D eigenvalue weighted by Gasteiger charge is -2.54. The largest absolute Gasteiger partial charge is 0.389 e. The van der Waals surface area contributed by atoms with Crippen LogP contribution in [0.15, 0.2) is 48.5 Å². The van der Waals surface area contributed by atoms with E-state index in [-0.39, 0.29) is 16.2 Å². The molecule has 0 aromatic carbocycles. The second-order valence-electron chi connectivity index (χ2n) is 15.5. The van der Waals surface area contributed by atoms with E-state index in [1.54, 1.807) is 0 Å². The van der Waals surface area contributed by atoms with Gasteiger partial charge in [-0.1, -0.05) is 64.2 Å². The number of allylic oxidation sites excluding steroid dienone is 5. The van der Waals surface area contributed by atoms with Crippen molar-refractivity contribution >= 4 is 11.6 Å². The van der Waals surface area contributed by atoms with E-state index in [1.165, 1.54) is 63.4 Å². The van der Waals surface area contributed by atoms with Crippen molar-refractivity contribution in [1.82, 2.24) is 20.9 Å². The van der Waals surface area contributed by atoms with E-state index in [9.17, 15) is 0 Å². The van der Waals surface area contributed by atoms with Crippen molar-refractivity contribution < 1.29 is 0 Å². The Morgan fingerprint density at radius 3 is 2.79 bits per heavy atom. The minimum atomic E-state index is 0.0720. The zero-order valence-corrected chi connectivity index (χ0v) is 28.1. The standard InChI is InChI=1S/C37H61ClN4/c1-7-27(2)40-17-9-16-36(5,31-11-8-12-33(38)21-31)35(4)15-10-18-42(26-35)28(3)41-34(25-39-6)24-37-22-29-13-14-32(37)20-30(19-29)23-37/h8,11-12,29-30,32-34,39-41H,2-3,7,9-10,13-26H2,1,4-6H3/t29?,30?,32?,33?,34-,35?,36?,37?/m0/s1. The van der Waals surface area contributed by atoms with Crippen molar-refractivity contribution in [1.29, 1.82) is 0 Å². The normalized spacial score (nSPS) is 35.8. The van der Waals surface area contributed by atoms with Gasteiger partial charge in [-0.2, -0.15) is 0 Å². The summed E-state index contributed by atoms with van der Waals surface area (Å²) in [5, 5.41) is 11.2. The van der Waals surface area contributed by atoms with Gasteiger partial charge in [0.1, 0.15) is 0 Å². The maximum Gasteiger partial charge on any atom is 0.0941 e. The molecule has 4 nitrogen and oxygen atoms in total. The highest BCUT2D eigenvalue weighted by Crippen LogP contribution is 2.64. The van der Waals surface area contributed by atoms with Crippen LogP contribution in [-0.2, 0) is 0 Å². The number of alkyl halides is 1. The first kappa shape index (κ1) is 32.0. The fraction of sp³-hybridized carbons (Fsp3) is 0.784. The Morgan fingerprint density at radius 1 is 1.21 bits per heavy atom. The van der Waals surface area contributed by atoms with E-state index in [0.717, 1.165) is 81.1 Å². The van der Waals surface area contributed by atoms with Crippen molar-refractivity contribution in [3.8, 4) is 0 Å². The summed E-state index contributed by atoms with van der Waals surface area (Å²) in [5.41, 5.74) is 3.45. The molecule has 0 amide bonds. The number of likely N-dealkylation sites (tertiary alicyclic amines) is 1. The highest BCUT2D eigenvalue weighted by molar-refractivity contribution is 6.22. The summed E-state index contributed by atoms with van der Waals surface area (Å²) in [4.78, 5) is 2.60. The van der Waals surface area contributed by atoms with E-state index in [4.69, 9.17) is 18.2 Å². The van der Waals surface area contributed by atoms with Gasteiger partial charge in [0.25, 0.3) is 0 Å². The van der Waals surface area contributed by atoms with Crippen molar-refractivity contribution in [2.75, 3.05) is 33.2 Å². The summed E-state index contributed by atoms with van der Waals surface area (Å²) in [7, 11) is 2.12. The number of fused-ring (bicyclic) bond motifs is 2. The monoisotopic (exact) mass is 596 g/mol. The smallest absolute Gasteiger partial charge is 0.0941 e. The lowest BCUT2D eigenvalue weighted by Crippen LogP contribution is -2.54. The molecule has 5 heteroatoms. The minimum Gasteiger partial charge on any atom is -0.389 e. The molecule has 0 spiro atoms. The third-order valence-corrected chi connectivity index (χ3v) is 13.0. The molecule has 5 aliphatic rings. The molecule has 0 aromatic heterocycles. The number of rotatable bonds is 15. The van der Waals surface area contributed by atoms with Crippen molar-refractivity contribution in [3.05, 3.63) is 48.5 Å². The molecular weight excluding hydrogens is 536 g/mol.